The number of hydrogen-bond donors (Lipinski definition) is 1. The fourth-order valence-electron chi connectivity index (χ4n) is 3.11. The standard InChI is InChI=1S/C17H19N3O2/c21-17(20-9-8-18-13-10-14(13)20)7-6-16-19-11-15(22-16)12-4-2-1-3-5-12/h1-5,11,13-14,18H,6-10H2. The summed E-state index contributed by atoms with van der Waals surface area (Å²) in [6.45, 7) is 1.73. The summed E-state index contributed by atoms with van der Waals surface area (Å²) < 4.78 is 5.75. The van der Waals surface area contributed by atoms with Gasteiger partial charge in [-0.15, -0.1) is 0 Å². The Hall–Kier alpha value is -2.14. The molecule has 0 bridgehead atoms. The molecule has 2 aromatic rings. The van der Waals surface area contributed by atoms with Crippen LogP contribution in [0, 0.1) is 0 Å². The molecule has 2 heterocycles. The summed E-state index contributed by atoms with van der Waals surface area (Å²) in [4.78, 5) is 18.6. The molecular weight excluding hydrogens is 278 g/mol. The van der Waals surface area contributed by atoms with Crippen LogP contribution in [-0.2, 0) is 11.2 Å². The van der Waals surface area contributed by atoms with Gasteiger partial charge in [-0.2, -0.15) is 0 Å². The first-order chi connectivity index (χ1) is 10.8. The molecular formula is C17H19N3O2. The number of fused-ring (bicyclic) bond motifs is 1. The van der Waals surface area contributed by atoms with E-state index >= 15 is 0 Å². The van der Waals surface area contributed by atoms with Crippen molar-refractivity contribution in [3.63, 3.8) is 0 Å². The number of aromatic nitrogens is 1. The van der Waals surface area contributed by atoms with E-state index in [1.807, 2.05) is 35.2 Å². The molecule has 2 unspecified atom stereocenters. The third-order valence-electron chi connectivity index (χ3n) is 4.40. The molecule has 5 heteroatoms. The third kappa shape index (κ3) is 2.64. The molecule has 1 aromatic heterocycles. The molecule has 1 amide bonds. The molecule has 2 fully saturated rings. The van der Waals surface area contributed by atoms with E-state index in [-0.39, 0.29) is 5.91 Å². The van der Waals surface area contributed by atoms with Gasteiger partial charge in [0.1, 0.15) is 0 Å². The predicted octanol–water partition coefficient (Wildman–Crippen LogP) is 1.85. The highest BCUT2D eigenvalue weighted by Gasteiger charge is 2.45. The van der Waals surface area contributed by atoms with Crippen molar-refractivity contribution in [1.82, 2.24) is 15.2 Å². The van der Waals surface area contributed by atoms with Crippen LogP contribution in [0.15, 0.2) is 40.9 Å². The lowest BCUT2D eigenvalue weighted by Crippen LogP contribution is -2.46. The quantitative estimate of drug-likeness (QED) is 0.935. The van der Waals surface area contributed by atoms with Gasteiger partial charge >= 0.3 is 0 Å². The minimum absolute atomic E-state index is 0.216. The number of carbonyl (C=O) groups excluding carboxylic acids is 1. The number of nitrogens with zero attached hydrogens (tertiary/aromatic N) is 2. The number of oxazole rings is 1. The molecule has 1 aliphatic heterocycles. The molecule has 4 rings (SSSR count). The summed E-state index contributed by atoms with van der Waals surface area (Å²) in [7, 11) is 0. The van der Waals surface area contributed by atoms with Crippen molar-refractivity contribution in [3.05, 3.63) is 42.4 Å². The minimum atomic E-state index is 0.216. The number of rotatable bonds is 4. The maximum absolute atomic E-state index is 12.3. The highest BCUT2D eigenvalue weighted by Crippen LogP contribution is 2.31. The van der Waals surface area contributed by atoms with Crippen LogP contribution in [0.5, 0.6) is 0 Å². The molecule has 1 saturated carbocycles. The molecule has 1 saturated heterocycles. The summed E-state index contributed by atoms with van der Waals surface area (Å²) >= 11 is 0. The van der Waals surface area contributed by atoms with Gasteiger partial charge in [0.2, 0.25) is 5.91 Å². The van der Waals surface area contributed by atoms with E-state index in [0.29, 0.717) is 30.8 Å². The first-order valence-electron chi connectivity index (χ1n) is 7.84. The van der Waals surface area contributed by atoms with Gasteiger partial charge in [0, 0.05) is 43.6 Å². The summed E-state index contributed by atoms with van der Waals surface area (Å²) in [5.74, 6) is 1.61. The van der Waals surface area contributed by atoms with Gasteiger partial charge in [0.25, 0.3) is 0 Å². The fraction of sp³-hybridized carbons (Fsp3) is 0.412. The van der Waals surface area contributed by atoms with Gasteiger partial charge in [0.15, 0.2) is 11.7 Å². The third-order valence-corrected chi connectivity index (χ3v) is 4.40. The topological polar surface area (TPSA) is 58.4 Å². The first-order valence-corrected chi connectivity index (χ1v) is 7.84. The fourth-order valence-corrected chi connectivity index (χ4v) is 3.11. The van der Waals surface area contributed by atoms with Gasteiger partial charge in [0.05, 0.1) is 6.20 Å². The smallest absolute Gasteiger partial charge is 0.223 e. The second-order valence-electron chi connectivity index (χ2n) is 5.94. The summed E-state index contributed by atoms with van der Waals surface area (Å²) in [6, 6.07) is 10.8. The van der Waals surface area contributed by atoms with E-state index in [2.05, 4.69) is 10.3 Å². The Morgan fingerprint density at radius 1 is 1.36 bits per heavy atom. The molecule has 2 atom stereocenters. The maximum atomic E-state index is 12.3. The molecule has 2 aliphatic rings. The normalized spacial score (nSPS) is 23.2. The predicted molar refractivity (Wildman–Crippen MR) is 82.2 cm³/mol. The van der Waals surface area contributed by atoms with E-state index in [1.165, 1.54) is 0 Å². The van der Waals surface area contributed by atoms with Crippen molar-refractivity contribution < 1.29 is 9.21 Å². The highest BCUT2D eigenvalue weighted by molar-refractivity contribution is 5.77. The minimum Gasteiger partial charge on any atom is -0.441 e. The van der Waals surface area contributed by atoms with Gasteiger partial charge in [-0.3, -0.25) is 4.79 Å². The number of nitrogens with one attached hydrogen (secondary N) is 1. The monoisotopic (exact) mass is 297 g/mol. The lowest BCUT2D eigenvalue weighted by molar-refractivity contribution is -0.132. The van der Waals surface area contributed by atoms with Crippen LogP contribution < -0.4 is 5.32 Å². The van der Waals surface area contributed by atoms with Crippen LogP contribution in [0.4, 0.5) is 0 Å². The highest BCUT2D eigenvalue weighted by atomic mass is 16.4. The Labute approximate surface area is 129 Å². The number of carbonyl (C=O) groups is 1. The Kier molecular flexibility index (Phi) is 3.42. The van der Waals surface area contributed by atoms with Crippen molar-refractivity contribution in [3.8, 4) is 11.3 Å². The van der Waals surface area contributed by atoms with Gasteiger partial charge in [-0.05, 0) is 6.42 Å². The molecule has 1 aromatic carbocycles. The molecule has 1 aliphatic carbocycles. The van der Waals surface area contributed by atoms with E-state index < -0.39 is 0 Å². The zero-order valence-corrected chi connectivity index (χ0v) is 12.4. The van der Waals surface area contributed by atoms with Crippen molar-refractivity contribution in [2.24, 2.45) is 0 Å². The van der Waals surface area contributed by atoms with Crippen molar-refractivity contribution in [2.75, 3.05) is 13.1 Å². The Morgan fingerprint density at radius 2 is 2.23 bits per heavy atom. The number of aryl methyl sites for hydroxylation is 1. The summed E-state index contributed by atoms with van der Waals surface area (Å²) in [5, 5.41) is 3.41. The molecule has 0 radical (unpaired) electrons. The average molecular weight is 297 g/mol. The second kappa shape index (κ2) is 5.57. The van der Waals surface area contributed by atoms with E-state index in [0.717, 1.165) is 30.8 Å². The van der Waals surface area contributed by atoms with Crippen molar-refractivity contribution >= 4 is 5.91 Å². The van der Waals surface area contributed by atoms with Gasteiger partial charge in [-0.1, -0.05) is 30.3 Å². The number of piperazine rings is 1. The maximum Gasteiger partial charge on any atom is 0.223 e. The lowest BCUT2D eigenvalue weighted by Gasteiger charge is -2.27. The van der Waals surface area contributed by atoms with Crippen molar-refractivity contribution in [2.45, 2.75) is 31.3 Å². The molecule has 1 N–H and O–H groups in total. The van der Waals surface area contributed by atoms with Crippen LogP contribution in [0.3, 0.4) is 0 Å². The largest absolute Gasteiger partial charge is 0.441 e. The van der Waals surface area contributed by atoms with E-state index in [4.69, 9.17) is 4.42 Å². The van der Waals surface area contributed by atoms with E-state index in [9.17, 15) is 4.79 Å². The zero-order chi connectivity index (χ0) is 14.9. The summed E-state index contributed by atoms with van der Waals surface area (Å²) in [6.07, 6.45) is 3.87. The van der Waals surface area contributed by atoms with Crippen LogP contribution >= 0.6 is 0 Å². The Morgan fingerprint density at radius 3 is 3.09 bits per heavy atom. The first kappa shape index (κ1) is 13.5. The van der Waals surface area contributed by atoms with Crippen LogP contribution in [0.1, 0.15) is 18.7 Å². The molecule has 22 heavy (non-hydrogen) atoms. The van der Waals surface area contributed by atoms with Crippen LogP contribution in [0.25, 0.3) is 11.3 Å². The van der Waals surface area contributed by atoms with Gasteiger partial charge in [-0.25, -0.2) is 4.98 Å². The molecule has 114 valence electrons. The van der Waals surface area contributed by atoms with Crippen LogP contribution in [-0.4, -0.2) is 41.0 Å². The van der Waals surface area contributed by atoms with Crippen LogP contribution in [0.2, 0.25) is 0 Å². The SMILES string of the molecule is O=C(CCc1ncc(-c2ccccc2)o1)N1CCNC2CC21. The average Bonchev–Trinajstić information content (AvgIpc) is 3.21. The summed E-state index contributed by atoms with van der Waals surface area (Å²) in [5.41, 5.74) is 1.01. The van der Waals surface area contributed by atoms with E-state index in [1.54, 1.807) is 6.20 Å². The number of benzene rings is 1. The van der Waals surface area contributed by atoms with Crippen molar-refractivity contribution in [1.29, 1.82) is 0 Å². The number of hydrogen-bond acceptors (Lipinski definition) is 4. The molecule has 0 spiro atoms. The Balaban J connectivity index is 1.36. The second-order valence-corrected chi connectivity index (χ2v) is 5.94. The zero-order valence-electron chi connectivity index (χ0n) is 12.4. The number of amides is 1. The molecule has 5 nitrogen and oxygen atoms in total. The lowest BCUT2D eigenvalue weighted by atomic mass is 10.2. The Bertz CT molecular complexity index is 668. The van der Waals surface area contributed by atoms with Gasteiger partial charge < -0.3 is 14.6 Å².